The summed E-state index contributed by atoms with van der Waals surface area (Å²) < 4.78 is 20.8. The fourth-order valence-electron chi connectivity index (χ4n) is 3.08. The van der Waals surface area contributed by atoms with E-state index in [0.717, 1.165) is 16.8 Å². The number of esters is 1. The maximum atomic E-state index is 13.7. The number of nitrogens with zero attached hydrogens (tertiary/aromatic N) is 2. The lowest BCUT2D eigenvalue weighted by molar-refractivity contribution is 0.0526. The molecule has 134 valence electrons. The summed E-state index contributed by atoms with van der Waals surface area (Å²) in [5, 5.41) is 0. The number of aromatic nitrogens is 2. The minimum absolute atomic E-state index is 0.311. The van der Waals surface area contributed by atoms with Gasteiger partial charge in [-0.2, -0.15) is 0 Å². The Labute approximate surface area is 155 Å². The Morgan fingerprint density at radius 2 is 1.85 bits per heavy atom. The predicted molar refractivity (Wildman–Crippen MR) is 102 cm³/mol. The average Bonchev–Trinajstić information content (AvgIpc) is 3.07. The summed E-state index contributed by atoms with van der Waals surface area (Å²) in [5.41, 5.74) is 3.42. The van der Waals surface area contributed by atoms with Crippen LogP contribution in [-0.2, 0) is 4.74 Å². The molecule has 27 heavy (non-hydrogen) atoms. The second-order valence-corrected chi connectivity index (χ2v) is 6.04. The Bertz CT molecular complexity index is 1120. The van der Waals surface area contributed by atoms with Gasteiger partial charge >= 0.3 is 5.97 Å². The number of benzene rings is 3. The van der Waals surface area contributed by atoms with Crippen LogP contribution in [0.3, 0.4) is 0 Å². The van der Waals surface area contributed by atoms with Crippen molar-refractivity contribution in [3.05, 3.63) is 84.2 Å². The van der Waals surface area contributed by atoms with E-state index < -0.39 is 0 Å². The van der Waals surface area contributed by atoms with Gasteiger partial charge in [0, 0.05) is 17.3 Å². The van der Waals surface area contributed by atoms with Gasteiger partial charge in [-0.15, -0.1) is 0 Å². The third-order valence-corrected chi connectivity index (χ3v) is 4.26. The molecule has 0 atom stereocenters. The molecule has 4 aromatic rings. The van der Waals surface area contributed by atoms with Crippen molar-refractivity contribution in [3.63, 3.8) is 0 Å². The van der Waals surface area contributed by atoms with Crippen LogP contribution in [0.2, 0.25) is 0 Å². The van der Waals surface area contributed by atoms with Crippen LogP contribution < -0.4 is 0 Å². The Hall–Kier alpha value is -3.47. The van der Waals surface area contributed by atoms with Crippen molar-refractivity contribution in [2.75, 3.05) is 6.61 Å². The normalized spacial score (nSPS) is 10.9. The van der Waals surface area contributed by atoms with E-state index in [4.69, 9.17) is 4.74 Å². The molecular formula is C22H17FN2O2. The predicted octanol–water partition coefficient (Wildman–Crippen LogP) is 5.01. The summed E-state index contributed by atoms with van der Waals surface area (Å²) in [6.45, 7) is 2.08. The summed E-state index contributed by atoms with van der Waals surface area (Å²) in [6.07, 6.45) is 0. The molecule has 1 aromatic heterocycles. The first-order valence-corrected chi connectivity index (χ1v) is 8.68. The number of imidazole rings is 1. The van der Waals surface area contributed by atoms with Gasteiger partial charge in [-0.3, -0.25) is 4.57 Å². The Morgan fingerprint density at radius 3 is 2.63 bits per heavy atom. The smallest absolute Gasteiger partial charge is 0.338 e. The SMILES string of the molecule is CCOC(=O)c1cccc(-n2c(-c3ccccc3)nc3cc(F)ccc32)c1. The molecule has 5 heteroatoms. The highest BCUT2D eigenvalue weighted by molar-refractivity contribution is 5.91. The number of hydrogen-bond acceptors (Lipinski definition) is 3. The lowest BCUT2D eigenvalue weighted by atomic mass is 10.1. The van der Waals surface area contributed by atoms with Gasteiger partial charge in [0.25, 0.3) is 0 Å². The monoisotopic (exact) mass is 360 g/mol. The van der Waals surface area contributed by atoms with E-state index in [1.165, 1.54) is 12.1 Å². The molecule has 0 aliphatic carbocycles. The molecule has 0 spiro atoms. The molecule has 0 bridgehead atoms. The van der Waals surface area contributed by atoms with Crippen molar-refractivity contribution in [1.82, 2.24) is 9.55 Å². The van der Waals surface area contributed by atoms with E-state index in [9.17, 15) is 9.18 Å². The van der Waals surface area contributed by atoms with Crippen molar-refractivity contribution < 1.29 is 13.9 Å². The number of carbonyl (C=O) groups excluding carboxylic acids is 1. The standard InChI is InChI=1S/C22H17FN2O2/c1-2-27-22(26)16-9-6-10-18(13-16)25-20-12-11-17(23)14-19(20)24-21(25)15-7-4-3-5-8-15/h3-14H,2H2,1H3. The molecule has 0 saturated heterocycles. The molecule has 1 heterocycles. The molecule has 4 rings (SSSR count). The third-order valence-electron chi connectivity index (χ3n) is 4.26. The largest absolute Gasteiger partial charge is 0.462 e. The van der Waals surface area contributed by atoms with Gasteiger partial charge in [0.05, 0.1) is 23.2 Å². The minimum Gasteiger partial charge on any atom is -0.462 e. The van der Waals surface area contributed by atoms with Crippen LogP contribution in [0.4, 0.5) is 4.39 Å². The first-order valence-electron chi connectivity index (χ1n) is 8.68. The zero-order valence-electron chi connectivity index (χ0n) is 14.7. The fourth-order valence-corrected chi connectivity index (χ4v) is 3.08. The molecule has 0 unspecified atom stereocenters. The summed E-state index contributed by atoms with van der Waals surface area (Å²) in [7, 11) is 0. The molecule has 3 aromatic carbocycles. The molecule has 0 aliphatic rings. The van der Waals surface area contributed by atoms with Crippen molar-refractivity contribution in [2.45, 2.75) is 6.92 Å². The van der Waals surface area contributed by atoms with Crippen molar-refractivity contribution in [3.8, 4) is 17.1 Å². The molecule has 0 radical (unpaired) electrons. The highest BCUT2D eigenvalue weighted by atomic mass is 19.1. The number of fused-ring (bicyclic) bond motifs is 1. The van der Waals surface area contributed by atoms with Crippen molar-refractivity contribution in [1.29, 1.82) is 0 Å². The maximum absolute atomic E-state index is 13.7. The zero-order valence-corrected chi connectivity index (χ0v) is 14.7. The van der Waals surface area contributed by atoms with Crippen LogP contribution in [0, 0.1) is 5.82 Å². The molecule has 0 amide bonds. The molecule has 0 saturated carbocycles. The third kappa shape index (κ3) is 3.19. The number of hydrogen-bond donors (Lipinski definition) is 0. The molecule has 0 fully saturated rings. The topological polar surface area (TPSA) is 44.1 Å². The van der Waals surface area contributed by atoms with E-state index in [-0.39, 0.29) is 11.8 Å². The summed E-state index contributed by atoms with van der Waals surface area (Å²) >= 11 is 0. The van der Waals surface area contributed by atoms with Gasteiger partial charge in [0.2, 0.25) is 0 Å². The van der Waals surface area contributed by atoms with Gasteiger partial charge < -0.3 is 4.74 Å². The van der Waals surface area contributed by atoms with Gasteiger partial charge in [-0.25, -0.2) is 14.2 Å². The Morgan fingerprint density at radius 1 is 1.04 bits per heavy atom. The summed E-state index contributed by atoms with van der Waals surface area (Å²) in [5.74, 6) is -0.0414. The second kappa shape index (κ2) is 7.03. The fraction of sp³-hybridized carbons (Fsp3) is 0.0909. The van der Waals surface area contributed by atoms with Crippen LogP contribution in [0.5, 0.6) is 0 Å². The number of ether oxygens (including phenoxy) is 1. The minimum atomic E-state index is -0.379. The van der Waals surface area contributed by atoms with Gasteiger partial charge in [0.15, 0.2) is 0 Å². The first kappa shape index (κ1) is 17.0. The molecule has 0 aliphatic heterocycles. The van der Waals surface area contributed by atoms with Gasteiger partial charge in [-0.05, 0) is 37.3 Å². The number of halogens is 1. The lowest BCUT2D eigenvalue weighted by Gasteiger charge is -2.11. The van der Waals surface area contributed by atoms with Crippen LogP contribution in [0.1, 0.15) is 17.3 Å². The number of carbonyl (C=O) groups is 1. The zero-order chi connectivity index (χ0) is 18.8. The Kier molecular flexibility index (Phi) is 4.42. The molecule has 4 nitrogen and oxygen atoms in total. The lowest BCUT2D eigenvalue weighted by Crippen LogP contribution is -2.06. The van der Waals surface area contributed by atoms with Crippen LogP contribution in [0.25, 0.3) is 28.1 Å². The quantitative estimate of drug-likeness (QED) is 0.481. The van der Waals surface area contributed by atoms with Crippen molar-refractivity contribution in [2.24, 2.45) is 0 Å². The second-order valence-electron chi connectivity index (χ2n) is 6.04. The Balaban J connectivity index is 1.95. The van der Waals surface area contributed by atoms with Crippen molar-refractivity contribution >= 4 is 17.0 Å². The van der Waals surface area contributed by atoms with E-state index >= 15 is 0 Å². The molecule has 0 N–H and O–H groups in total. The van der Waals surface area contributed by atoms with E-state index in [1.807, 2.05) is 41.0 Å². The summed E-state index contributed by atoms with van der Waals surface area (Å²) in [6, 6.07) is 21.3. The van der Waals surface area contributed by atoms with E-state index in [1.54, 1.807) is 31.2 Å². The average molecular weight is 360 g/mol. The van der Waals surface area contributed by atoms with Gasteiger partial charge in [-0.1, -0.05) is 36.4 Å². The summed E-state index contributed by atoms with van der Waals surface area (Å²) in [4.78, 5) is 16.8. The van der Waals surface area contributed by atoms with Crippen LogP contribution in [-0.4, -0.2) is 22.1 Å². The van der Waals surface area contributed by atoms with E-state index in [2.05, 4.69) is 4.98 Å². The van der Waals surface area contributed by atoms with Gasteiger partial charge in [0.1, 0.15) is 11.6 Å². The van der Waals surface area contributed by atoms with Crippen LogP contribution in [0.15, 0.2) is 72.8 Å². The highest BCUT2D eigenvalue weighted by Gasteiger charge is 2.16. The first-order chi connectivity index (χ1) is 13.2. The maximum Gasteiger partial charge on any atom is 0.338 e. The highest BCUT2D eigenvalue weighted by Crippen LogP contribution is 2.29. The van der Waals surface area contributed by atoms with E-state index in [0.29, 0.717) is 23.5 Å². The number of rotatable bonds is 4. The molecular weight excluding hydrogens is 343 g/mol. The van der Waals surface area contributed by atoms with Crippen LogP contribution >= 0.6 is 0 Å².